The van der Waals surface area contributed by atoms with E-state index in [1.807, 2.05) is 0 Å². The van der Waals surface area contributed by atoms with Gasteiger partial charge < -0.3 is 14.4 Å². The van der Waals surface area contributed by atoms with E-state index in [1.165, 1.54) is 29.6 Å². The van der Waals surface area contributed by atoms with Gasteiger partial charge in [-0.05, 0) is 43.4 Å². The molecular weight excluding hydrogens is 444 g/mol. The zero-order valence-electron chi connectivity index (χ0n) is 17.5. The van der Waals surface area contributed by atoms with Crippen molar-refractivity contribution in [3.63, 3.8) is 0 Å². The third-order valence-electron chi connectivity index (χ3n) is 6.57. The van der Waals surface area contributed by atoms with Crippen LogP contribution in [0.25, 0.3) is 0 Å². The van der Waals surface area contributed by atoms with Gasteiger partial charge in [-0.25, -0.2) is 13.2 Å². The van der Waals surface area contributed by atoms with E-state index >= 15 is 0 Å². The minimum absolute atomic E-state index is 0.0103. The molecule has 1 aromatic rings. The van der Waals surface area contributed by atoms with Gasteiger partial charge in [0.1, 0.15) is 6.04 Å². The number of hydrogen-bond donors (Lipinski definition) is 0. The predicted molar refractivity (Wildman–Crippen MR) is 113 cm³/mol. The summed E-state index contributed by atoms with van der Waals surface area (Å²) in [5, 5.41) is 0.161. The number of fused-ring (bicyclic) bond motifs is 1. The Morgan fingerprint density at radius 1 is 1.16 bits per heavy atom. The van der Waals surface area contributed by atoms with Crippen LogP contribution in [-0.2, 0) is 24.3 Å². The van der Waals surface area contributed by atoms with Gasteiger partial charge in [-0.1, -0.05) is 24.4 Å². The summed E-state index contributed by atoms with van der Waals surface area (Å²) >= 11 is 6.35. The second-order valence-corrected chi connectivity index (χ2v) is 10.6. The minimum atomic E-state index is -3.78. The first-order valence-corrected chi connectivity index (χ1v) is 12.4. The number of sulfonamides is 1. The van der Waals surface area contributed by atoms with Crippen molar-refractivity contribution in [3.8, 4) is 0 Å². The highest BCUT2D eigenvalue weighted by molar-refractivity contribution is 7.89. The second kappa shape index (κ2) is 9.05. The van der Waals surface area contributed by atoms with Crippen molar-refractivity contribution in [1.29, 1.82) is 0 Å². The molecule has 3 fully saturated rings. The third-order valence-corrected chi connectivity index (χ3v) is 8.80. The van der Waals surface area contributed by atoms with Gasteiger partial charge in [-0.2, -0.15) is 4.31 Å². The lowest BCUT2D eigenvalue weighted by molar-refractivity contribution is -0.145. The minimum Gasteiger partial charge on any atom is -0.467 e. The van der Waals surface area contributed by atoms with Crippen LogP contribution in [0.15, 0.2) is 23.1 Å². The molecule has 1 saturated carbocycles. The molecule has 2 aliphatic heterocycles. The van der Waals surface area contributed by atoms with E-state index in [0.29, 0.717) is 19.6 Å². The van der Waals surface area contributed by atoms with Crippen LogP contribution in [0.3, 0.4) is 0 Å². The summed E-state index contributed by atoms with van der Waals surface area (Å²) in [5.74, 6) is -0.634. The predicted octanol–water partition coefficient (Wildman–Crippen LogP) is 2.31. The quantitative estimate of drug-likeness (QED) is 0.627. The van der Waals surface area contributed by atoms with Crippen molar-refractivity contribution in [2.24, 2.45) is 5.92 Å². The number of methoxy groups -OCH3 is 1. The van der Waals surface area contributed by atoms with Gasteiger partial charge >= 0.3 is 5.97 Å². The lowest BCUT2D eigenvalue weighted by Gasteiger charge is -2.33. The summed E-state index contributed by atoms with van der Waals surface area (Å²) in [6, 6.07) is 3.43. The van der Waals surface area contributed by atoms with Crippen LogP contribution in [0, 0.1) is 5.92 Å². The van der Waals surface area contributed by atoms with Crippen molar-refractivity contribution in [2.75, 3.05) is 33.4 Å². The van der Waals surface area contributed by atoms with Gasteiger partial charge in [0, 0.05) is 19.1 Å². The van der Waals surface area contributed by atoms with Gasteiger partial charge in [-0.15, -0.1) is 0 Å². The number of rotatable bonds is 4. The van der Waals surface area contributed by atoms with Gasteiger partial charge in [0.15, 0.2) is 0 Å². The third kappa shape index (κ3) is 4.20. The maximum Gasteiger partial charge on any atom is 0.328 e. The Bertz CT molecular complexity index is 963. The number of esters is 1. The van der Waals surface area contributed by atoms with Crippen LogP contribution < -0.4 is 0 Å². The zero-order chi connectivity index (χ0) is 22.2. The fraction of sp³-hybridized carbons (Fsp3) is 0.619. The van der Waals surface area contributed by atoms with Gasteiger partial charge in [0.05, 0.1) is 35.8 Å². The Morgan fingerprint density at radius 2 is 1.87 bits per heavy atom. The van der Waals surface area contributed by atoms with E-state index in [2.05, 4.69) is 0 Å². The molecule has 10 heteroatoms. The molecule has 170 valence electrons. The largest absolute Gasteiger partial charge is 0.467 e. The highest BCUT2D eigenvalue weighted by Gasteiger charge is 2.48. The van der Waals surface area contributed by atoms with E-state index < -0.39 is 27.9 Å². The van der Waals surface area contributed by atoms with Crippen molar-refractivity contribution >= 4 is 33.5 Å². The SMILES string of the molecule is COC(=O)C1CC2CCCCC2N1C(=O)c1cc(S(=O)(=O)N2CCOCC2)ccc1Cl. The average Bonchev–Trinajstić information content (AvgIpc) is 3.18. The molecule has 8 nitrogen and oxygen atoms in total. The Kier molecular flexibility index (Phi) is 6.57. The van der Waals surface area contributed by atoms with E-state index in [4.69, 9.17) is 21.1 Å². The number of carbonyl (C=O) groups excluding carboxylic acids is 2. The summed E-state index contributed by atoms with van der Waals surface area (Å²) in [6.45, 7) is 1.18. The fourth-order valence-corrected chi connectivity index (χ4v) is 6.64. The van der Waals surface area contributed by atoms with E-state index in [0.717, 1.165) is 25.7 Å². The molecule has 4 rings (SSSR count). The first kappa shape index (κ1) is 22.5. The number of halogens is 1. The second-order valence-electron chi connectivity index (χ2n) is 8.26. The zero-order valence-corrected chi connectivity index (χ0v) is 19.0. The summed E-state index contributed by atoms with van der Waals surface area (Å²) in [6.07, 6.45) is 4.39. The molecule has 0 spiro atoms. The molecule has 2 saturated heterocycles. The number of hydrogen-bond acceptors (Lipinski definition) is 6. The fourth-order valence-electron chi connectivity index (χ4n) is 5.00. The molecule has 3 atom stereocenters. The van der Waals surface area contributed by atoms with Crippen molar-refractivity contribution in [2.45, 2.75) is 49.1 Å². The van der Waals surface area contributed by atoms with Crippen LogP contribution in [-0.4, -0.2) is 75.0 Å². The highest BCUT2D eigenvalue weighted by Crippen LogP contribution is 2.41. The molecule has 31 heavy (non-hydrogen) atoms. The molecule has 0 bridgehead atoms. The van der Waals surface area contributed by atoms with Crippen LogP contribution >= 0.6 is 11.6 Å². The molecule has 1 aromatic carbocycles. The molecular formula is C21H27ClN2O6S. The lowest BCUT2D eigenvalue weighted by atomic mass is 9.84. The Labute approximate surface area is 187 Å². The first-order valence-electron chi connectivity index (χ1n) is 10.6. The molecule has 0 radical (unpaired) electrons. The van der Waals surface area contributed by atoms with Crippen molar-refractivity contribution < 1.29 is 27.5 Å². The topological polar surface area (TPSA) is 93.2 Å². The first-order chi connectivity index (χ1) is 14.8. The number of nitrogens with zero attached hydrogens (tertiary/aromatic N) is 2. The van der Waals surface area contributed by atoms with E-state index in [9.17, 15) is 18.0 Å². The van der Waals surface area contributed by atoms with Crippen LogP contribution in [0.1, 0.15) is 42.5 Å². The Balaban J connectivity index is 1.68. The smallest absolute Gasteiger partial charge is 0.328 e. The van der Waals surface area contributed by atoms with Crippen molar-refractivity contribution in [3.05, 3.63) is 28.8 Å². The van der Waals surface area contributed by atoms with Gasteiger partial charge in [0.25, 0.3) is 5.91 Å². The molecule has 3 unspecified atom stereocenters. The van der Waals surface area contributed by atoms with Crippen molar-refractivity contribution in [1.82, 2.24) is 9.21 Å². The monoisotopic (exact) mass is 470 g/mol. The number of benzene rings is 1. The Morgan fingerprint density at radius 3 is 2.58 bits per heavy atom. The molecule has 2 heterocycles. The maximum atomic E-state index is 13.6. The maximum absolute atomic E-state index is 13.6. The molecule has 0 N–H and O–H groups in total. The number of likely N-dealkylation sites (tertiary alicyclic amines) is 1. The average molecular weight is 471 g/mol. The van der Waals surface area contributed by atoms with E-state index in [1.54, 1.807) is 4.90 Å². The van der Waals surface area contributed by atoms with E-state index in [-0.39, 0.29) is 40.5 Å². The normalized spacial score (nSPS) is 27.0. The number of amides is 1. The molecule has 1 aliphatic carbocycles. The van der Waals surface area contributed by atoms with Crippen LogP contribution in [0.2, 0.25) is 5.02 Å². The summed E-state index contributed by atoms with van der Waals surface area (Å²) in [7, 11) is -2.47. The summed E-state index contributed by atoms with van der Waals surface area (Å²) < 4.78 is 37.7. The number of carbonyl (C=O) groups is 2. The standard InChI is InChI=1S/C21H27ClN2O6S/c1-29-21(26)19-12-14-4-2-3-5-18(14)24(19)20(25)16-13-15(6-7-17(16)22)31(27,28)23-8-10-30-11-9-23/h6-7,13-14,18-19H,2-5,8-12H2,1H3. The van der Waals surface area contributed by atoms with Crippen LogP contribution in [0.4, 0.5) is 0 Å². The Hall–Kier alpha value is -1.68. The summed E-state index contributed by atoms with van der Waals surface area (Å²) in [5.41, 5.74) is 0.0936. The van der Waals surface area contributed by atoms with Gasteiger partial charge in [0.2, 0.25) is 10.0 Å². The number of ether oxygens (including phenoxy) is 2. The van der Waals surface area contributed by atoms with Crippen LogP contribution in [0.5, 0.6) is 0 Å². The van der Waals surface area contributed by atoms with Gasteiger partial charge in [-0.3, -0.25) is 4.79 Å². The lowest BCUT2D eigenvalue weighted by Crippen LogP contribution is -2.46. The number of morpholine rings is 1. The molecule has 1 amide bonds. The highest BCUT2D eigenvalue weighted by atomic mass is 35.5. The summed E-state index contributed by atoms with van der Waals surface area (Å²) in [4.78, 5) is 27.7. The molecule has 3 aliphatic rings. The molecule has 0 aromatic heterocycles.